The Bertz CT molecular complexity index is 465. The Labute approximate surface area is 138 Å². The Morgan fingerprint density at radius 3 is 2.77 bits per heavy atom. The molecule has 3 N–H and O–H groups in total. The predicted octanol–water partition coefficient (Wildman–Crippen LogP) is 2.28. The molecule has 2 aliphatic carbocycles. The molecule has 1 aromatic rings. The first kappa shape index (κ1) is 17.3. The number of nitrogens with two attached hydrogens (primary N) is 1. The molecule has 2 aliphatic rings. The highest BCUT2D eigenvalue weighted by atomic mass is 35.5. The topological polar surface area (TPSA) is 72.9 Å². The van der Waals surface area contributed by atoms with Gasteiger partial charge in [-0.1, -0.05) is 19.3 Å². The van der Waals surface area contributed by atoms with Crippen LogP contribution in [0.5, 0.6) is 0 Å². The summed E-state index contributed by atoms with van der Waals surface area (Å²) in [6, 6.07) is 2.47. The number of halogens is 1. The van der Waals surface area contributed by atoms with Gasteiger partial charge in [-0.2, -0.15) is 5.10 Å². The van der Waals surface area contributed by atoms with E-state index < -0.39 is 0 Å². The monoisotopic (exact) mass is 326 g/mol. The average molecular weight is 327 g/mol. The normalized spacial score (nSPS) is 31.5. The van der Waals surface area contributed by atoms with Gasteiger partial charge in [-0.05, 0) is 44.2 Å². The van der Waals surface area contributed by atoms with Gasteiger partial charge < -0.3 is 11.1 Å². The highest BCUT2D eigenvalue weighted by Crippen LogP contribution is 2.33. The molecule has 2 fully saturated rings. The first-order valence-electron chi connectivity index (χ1n) is 8.29. The van der Waals surface area contributed by atoms with E-state index in [4.69, 9.17) is 5.73 Å². The predicted molar refractivity (Wildman–Crippen MR) is 88.8 cm³/mol. The minimum Gasteiger partial charge on any atom is -0.351 e. The summed E-state index contributed by atoms with van der Waals surface area (Å²) in [5.41, 5.74) is 5.81. The van der Waals surface area contributed by atoms with Crippen LogP contribution < -0.4 is 11.1 Å². The van der Waals surface area contributed by atoms with Gasteiger partial charge in [-0.25, -0.2) is 0 Å². The number of carbonyl (C=O) groups is 1. The molecular formula is C16H27ClN4O. The lowest BCUT2D eigenvalue weighted by molar-refractivity contribution is -0.127. The number of amides is 1. The summed E-state index contributed by atoms with van der Waals surface area (Å²) in [5, 5.41) is 7.68. The van der Waals surface area contributed by atoms with Crippen molar-refractivity contribution >= 4 is 18.3 Å². The summed E-state index contributed by atoms with van der Waals surface area (Å²) in [7, 11) is 0. The van der Waals surface area contributed by atoms with Crippen LogP contribution in [0.15, 0.2) is 18.5 Å². The number of rotatable bonds is 4. The van der Waals surface area contributed by atoms with E-state index in [1.807, 2.05) is 23.1 Å². The van der Waals surface area contributed by atoms with E-state index in [-0.39, 0.29) is 30.3 Å². The molecule has 0 spiro atoms. The van der Waals surface area contributed by atoms with Gasteiger partial charge in [0.15, 0.2) is 0 Å². The molecule has 4 atom stereocenters. The molecule has 0 aliphatic heterocycles. The lowest BCUT2D eigenvalue weighted by Crippen LogP contribution is -2.46. The number of hydrogen-bond donors (Lipinski definition) is 2. The van der Waals surface area contributed by atoms with E-state index in [1.165, 1.54) is 12.8 Å². The maximum atomic E-state index is 12.6. The van der Waals surface area contributed by atoms with Crippen molar-refractivity contribution in [3.8, 4) is 0 Å². The molecule has 0 radical (unpaired) electrons. The SMILES string of the molecule is Cl.NC[C@H]1CCC[C@H]1C(=O)NC1CCCCC1n1cccn1. The molecule has 0 aromatic carbocycles. The van der Waals surface area contributed by atoms with Gasteiger partial charge in [-0.3, -0.25) is 9.48 Å². The molecule has 0 saturated heterocycles. The number of aromatic nitrogens is 2. The Morgan fingerprint density at radius 2 is 2.05 bits per heavy atom. The number of nitrogens with zero attached hydrogens (tertiary/aromatic N) is 2. The fourth-order valence-electron chi connectivity index (χ4n) is 4.03. The molecule has 6 heteroatoms. The molecule has 1 amide bonds. The van der Waals surface area contributed by atoms with E-state index in [0.717, 1.165) is 32.1 Å². The minimum absolute atomic E-state index is 0. The summed E-state index contributed by atoms with van der Waals surface area (Å²) in [4.78, 5) is 12.6. The van der Waals surface area contributed by atoms with Gasteiger partial charge >= 0.3 is 0 Å². The van der Waals surface area contributed by atoms with Crippen molar-refractivity contribution < 1.29 is 4.79 Å². The maximum Gasteiger partial charge on any atom is 0.223 e. The van der Waals surface area contributed by atoms with Crippen LogP contribution in [0.3, 0.4) is 0 Å². The first-order valence-corrected chi connectivity index (χ1v) is 8.29. The van der Waals surface area contributed by atoms with Crippen LogP contribution >= 0.6 is 12.4 Å². The Kier molecular flexibility index (Phi) is 6.26. The zero-order valence-electron chi connectivity index (χ0n) is 13.0. The van der Waals surface area contributed by atoms with Crippen molar-refractivity contribution in [3.63, 3.8) is 0 Å². The van der Waals surface area contributed by atoms with Crippen LogP contribution in [0.1, 0.15) is 51.0 Å². The zero-order valence-corrected chi connectivity index (χ0v) is 13.8. The van der Waals surface area contributed by atoms with Crippen LogP contribution in [-0.4, -0.2) is 28.3 Å². The fourth-order valence-corrected chi connectivity index (χ4v) is 4.03. The van der Waals surface area contributed by atoms with Gasteiger partial charge in [0.05, 0.1) is 12.1 Å². The standard InChI is InChI=1S/C16H26N4O.ClH/c17-11-12-5-3-6-13(12)16(21)19-14-7-1-2-8-15(14)20-10-4-9-18-20;/h4,9-10,12-15H,1-3,5-8,11,17H2,(H,19,21);1H/t12-,13-,14?,15?;/m1./s1. The lowest BCUT2D eigenvalue weighted by Gasteiger charge is -2.33. The Hall–Kier alpha value is -1.07. The second kappa shape index (κ2) is 7.97. The highest BCUT2D eigenvalue weighted by molar-refractivity contribution is 5.85. The maximum absolute atomic E-state index is 12.6. The molecular weight excluding hydrogens is 300 g/mol. The molecule has 2 saturated carbocycles. The molecule has 1 aromatic heterocycles. The smallest absolute Gasteiger partial charge is 0.223 e. The lowest BCUT2D eigenvalue weighted by atomic mass is 9.89. The fraction of sp³-hybridized carbons (Fsp3) is 0.750. The molecule has 22 heavy (non-hydrogen) atoms. The van der Waals surface area contributed by atoms with Gasteiger partial charge in [0.2, 0.25) is 5.91 Å². The van der Waals surface area contributed by atoms with E-state index in [1.54, 1.807) is 0 Å². The summed E-state index contributed by atoms with van der Waals surface area (Å²) in [6.45, 7) is 0.630. The van der Waals surface area contributed by atoms with E-state index in [9.17, 15) is 4.79 Å². The van der Waals surface area contributed by atoms with E-state index in [2.05, 4.69) is 10.4 Å². The Balaban J connectivity index is 0.00000176. The summed E-state index contributed by atoms with van der Waals surface area (Å²) < 4.78 is 2.01. The zero-order chi connectivity index (χ0) is 14.7. The van der Waals surface area contributed by atoms with E-state index in [0.29, 0.717) is 18.5 Å². The largest absolute Gasteiger partial charge is 0.351 e. The molecule has 1 heterocycles. The molecule has 3 rings (SSSR count). The summed E-state index contributed by atoms with van der Waals surface area (Å²) in [6.07, 6.45) is 11.6. The van der Waals surface area contributed by atoms with E-state index >= 15 is 0 Å². The third-order valence-electron chi connectivity index (χ3n) is 5.22. The van der Waals surface area contributed by atoms with Gasteiger partial charge in [0, 0.05) is 18.3 Å². The van der Waals surface area contributed by atoms with Gasteiger partial charge in [-0.15, -0.1) is 12.4 Å². The quantitative estimate of drug-likeness (QED) is 0.891. The van der Waals surface area contributed by atoms with Crippen LogP contribution in [-0.2, 0) is 4.79 Å². The number of hydrogen-bond acceptors (Lipinski definition) is 3. The molecule has 2 unspecified atom stereocenters. The molecule has 124 valence electrons. The summed E-state index contributed by atoms with van der Waals surface area (Å²) >= 11 is 0. The van der Waals surface area contributed by atoms with Crippen molar-refractivity contribution in [1.82, 2.24) is 15.1 Å². The third-order valence-corrected chi connectivity index (χ3v) is 5.22. The third kappa shape index (κ3) is 3.63. The first-order chi connectivity index (χ1) is 10.3. The Morgan fingerprint density at radius 1 is 1.23 bits per heavy atom. The van der Waals surface area contributed by atoms with Crippen LogP contribution in [0.2, 0.25) is 0 Å². The van der Waals surface area contributed by atoms with Crippen LogP contribution in [0.4, 0.5) is 0 Å². The van der Waals surface area contributed by atoms with Crippen molar-refractivity contribution in [3.05, 3.63) is 18.5 Å². The van der Waals surface area contributed by atoms with Crippen LogP contribution in [0.25, 0.3) is 0 Å². The van der Waals surface area contributed by atoms with Crippen molar-refractivity contribution in [2.45, 2.75) is 57.0 Å². The average Bonchev–Trinajstić information content (AvgIpc) is 3.19. The van der Waals surface area contributed by atoms with Crippen molar-refractivity contribution in [2.24, 2.45) is 17.6 Å². The van der Waals surface area contributed by atoms with Gasteiger partial charge in [0.25, 0.3) is 0 Å². The second-order valence-electron chi connectivity index (χ2n) is 6.49. The summed E-state index contributed by atoms with van der Waals surface area (Å²) in [5.74, 6) is 0.707. The molecule has 5 nitrogen and oxygen atoms in total. The van der Waals surface area contributed by atoms with Crippen molar-refractivity contribution in [2.75, 3.05) is 6.54 Å². The number of nitrogens with one attached hydrogen (secondary N) is 1. The van der Waals surface area contributed by atoms with Crippen LogP contribution in [0, 0.1) is 11.8 Å². The minimum atomic E-state index is 0. The number of carbonyl (C=O) groups excluding carboxylic acids is 1. The highest BCUT2D eigenvalue weighted by Gasteiger charge is 2.35. The second-order valence-corrected chi connectivity index (χ2v) is 6.49. The molecule has 0 bridgehead atoms. The van der Waals surface area contributed by atoms with Crippen molar-refractivity contribution in [1.29, 1.82) is 0 Å². The van der Waals surface area contributed by atoms with Gasteiger partial charge in [0.1, 0.15) is 0 Å².